The Kier molecular flexibility index (Phi) is 25.8. The van der Waals surface area contributed by atoms with Gasteiger partial charge in [0.15, 0.2) is 11.9 Å². The summed E-state index contributed by atoms with van der Waals surface area (Å²) in [5.74, 6) is 0.284. The zero-order chi connectivity index (χ0) is 16.5. The molecule has 0 heterocycles. The van der Waals surface area contributed by atoms with Crippen molar-refractivity contribution in [2.75, 3.05) is 13.1 Å². The number of guanidine groups is 2. The molecule has 0 amide bonds. The number of hydrogen-bond donors (Lipinski definition) is 5. The van der Waals surface area contributed by atoms with Crippen LogP contribution in [0, 0.1) is 5.41 Å². The second-order valence-corrected chi connectivity index (χ2v) is 5.89. The highest BCUT2D eigenvalue weighted by molar-refractivity contribution is 5.85. The smallest absolute Gasteiger partial charge is 0.185 e. The molecule has 0 radical (unpaired) electrons. The molecule has 0 aromatic rings. The molecule has 0 aliphatic carbocycles. The van der Waals surface area contributed by atoms with Gasteiger partial charge < -0.3 is 22.5 Å². The molecule has 0 unspecified atom stereocenters. The minimum Gasteiger partial charge on any atom is -0.370 e. The van der Waals surface area contributed by atoms with Gasteiger partial charge in [0.05, 0.1) is 0 Å². The Morgan fingerprint density at radius 2 is 1.04 bits per heavy atom. The lowest BCUT2D eigenvalue weighted by Crippen LogP contribution is -2.30. The van der Waals surface area contributed by atoms with Gasteiger partial charge >= 0.3 is 0 Å². The Hall–Kier alpha value is -0.880. The summed E-state index contributed by atoms with van der Waals surface area (Å²) in [6.45, 7) is 1.60. The van der Waals surface area contributed by atoms with Crippen LogP contribution in [-0.4, -0.2) is 25.0 Å². The van der Waals surface area contributed by atoms with Crippen LogP contribution < -0.4 is 22.5 Å². The summed E-state index contributed by atoms with van der Waals surface area (Å²) in [5, 5.41) is 9.87. The van der Waals surface area contributed by atoms with E-state index < -0.39 is 0 Å². The van der Waals surface area contributed by atoms with Gasteiger partial charge in [-0.3, -0.25) is 10.4 Å². The van der Waals surface area contributed by atoms with Crippen molar-refractivity contribution in [3.8, 4) is 0 Å². The quantitative estimate of drug-likeness (QED) is 0.168. The highest BCUT2D eigenvalue weighted by atomic mass is 35.5. The maximum Gasteiger partial charge on any atom is 0.185 e. The Labute approximate surface area is 160 Å². The number of hydrogen-bond acceptors (Lipinski definition) is 2. The summed E-state index contributed by atoms with van der Waals surface area (Å²) in [4.78, 5) is 3.98. The molecule has 0 saturated carbocycles. The molecule has 8 N–H and O–H groups in total. The highest BCUT2D eigenvalue weighted by Gasteiger charge is 1.94. The molecule has 0 atom stereocenters. The molecule has 24 heavy (non-hydrogen) atoms. The first-order valence-electron chi connectivity index (χ1n) is 8.76. The Balaban J connectivity index is -0.00000220. The molecule has 146 valence electrons. The number of halogens is 2. The number of nitrogens with zero attached hydrogens (tertiary/aromatic N) is 1. The number of rotatable bonds is 15. The molecule has 0 aromatic carbocycles. The van der Waals surface area contributed by atoms with Crippen molar-refractivity contribution in [1.82, 2.24) is 5.32 Å². The first kappa shape index (κ1) is 27.9. The molecule has 0 fully saturated rings. The van der Waals surface area contributed by atoms with Crippen molar-refractivity contribution in [1.29, 1.82) is 5.41 Å². The van der Waals surface area contributed by atoms with Crippen LogP contribution in [0.4, 0.5) is 0 Å². The number of nitrogens with two attached hydrogens (primary N) is 3. The zero-order valence-corrected chi connectivity index (χ0v) is 16.5. The van der Waals surface area contributed by atoms with E-state index in [9.17, 15) is 0 Å². The van der Waals surface area contributed by atoms with Crippen LogP contribution in [0.2, 0.25) is 0 Å². The molecule has 8 heteroatoms. The fourth-order valence-corrected chi connectivity index (χ4v) is 2.44. The standard InChI is InChI=1S/C16H36N6.2ClH/c17-15(18)21-13-11-9-7-5-3-1-2-4-6-8-10-12-14-22-16(19)20;;/h1-14H2,(H4,17,18,21)(H4,19,20,22);2*1H. The average molecular weight is 385 g/mol. The molecule has 0 aromatic heterocycles. The lowest BCUT2D eigenvalue weighted by atomic mass is 10.1. The number of unbranched alkanes of at least 4 members (excludes halogenated alkanes) is 11. The summed E-state index contributed by atoms with van der Waals surface area (Å²) in [6, 6.07) is 0. The molecule has 0 rings (SSSR count). The van der Waals surface area contributed by atoms with Crippen LogP contribution >= 0.6 is 24.8 Å². The van der Waals surface area contributed by atoms with Crippen molar-refractivity contribution in [3.05, 3.63) is 0 Å². The Morgan fingerprint density at radius 3 is 1.42 bits per heavy atom. The van der Waals surface area contributed by atoms with Crippen LogP contribution in [0.1, 0.15) is 77.0 Å². The van der Waals surface area contributed by atoms with Gasteiger partial charge in [0.25, 0.3) is 0 Å². The maximum absolute atomic E-state index is 7.04. The Bertz CT molecular complexity index is 296. The van der Waals surface area contributed by atoms with Gasteiger partial charge in [0.1, 0.15) is 0 Å². The average Bonchev–Trinajstić information content (AvgIpc) is 2.46. The second-order valence-electron chi connectivity index (χ2n) is 5.89. The van der Waals surface area contributed by atoms with E-state index in [0.29, 0.717) is 0 Å². The predicted octanol–water partition coefficient (Wildman–Crippen LogP) is 3.27. The van der Waals surface area contributed by atoms with E-state index in [1.54, 1.807) is 0 Å². The van der Waals surface area contributed by atoms with Gasteiger partial charge in [-0.25, -0.2) is 0 Å². The van der Waals surface area contributed by atoms with E-state index in [1.165, 1.54) is 64.2 Å². The molecule has 0 spiro atoms. The van der Waals surface area contributed by atoms with Gasteiger partial charge in [-0.1, -0.05) is 64.2 Å². The first-order valence-corrected chi connectivity index (χ1v) is 8.76. The lowest BCUT2D eigenvalue weighted by molar-refractivity contribution is 0.540. The van der Waals surface area contributed by atoms with Crippen LogP contribution in [0.3, 0.4) is 0 Å². The van der Waals surface area contributed by atoms with Gasteiger partial charge in [-0.2, -0.15) is 0 Å². The van der Waals surface area contributed by atoms with Gasteiger partial charge in [0, 0.05) is 13.1 Å². The summed E-state index contributed by atoms with van der Waals surface area (Å²) in [5.41, 5.74) is 15.8. The van der Waals surface area contributed by atoms with Crippen LogP contribution in [0.15, 0.2) is 4.99 Å². The van der Waals surface area contributed by atoms with Crippen molar-refractivity contribution >= 4 is 36.7 Å². The van der Waals surface area contributed by atoms with Gasteiger partial charge in [-0.15, -0.1) is 24.8 Å². The largest absolute Gasteiger partial charge is 0.370 e. The third kappa shape index (κ3) is 26.0. The van der Waals surface area contributed by atoms with Crippen molar-refractivity contribution < 1.29 is 0 Å². The SMILES string of the molecule is Cl.Cl.N=C(N)NCCCCCCCCCCCCCCN=C(N)N. The Morgan fingerprint density at radius 1 is 0.667 bits per heavy atom. The summed E-state index contributed by atoms with van der Waals surface area (Å²) >= 11 is 0. The molecule has 0 aliphatic rings. The fraction of sp³-hybridized carbons (Fsp3) is 0.875. The lowest BCUT2D eigenvalue weighted by Gasteiger charge is -2.04. The van der Waals surface area contributed by atoms with Crippen molar-refractivity contribution in [2.45, 2.75) is 77.0 Å². The van der Waals surface area contributed by atoms with Crippen molar-refractivity contribution in [3.63, 3.8) is 0 Å². The highest BCUT2D eigenvalue weighted by Crippen LogP contribution is 2.11. The normalized spacial score (nSPS) is 9.50. The first-order chi connectivity index (χ1) is 10.6. The van der Waals surface area contributed by atoms with E-state index >= 15 is 0 Å². The maximum atomic E-state index is 7.04. The van der Waals surface area contributed by atoms with Crippen LogP contribution in [0.5, 0.6) is 0 Å². The second kappa shape index (κ2) is 22.1. The van der Waals surface area contributed by atoms with Gasteiger partial charge in [0.2, 0.25) is 0 Å². The third-order valence-electron chi connectivity index (χ3n) is 3.69. The van der Waals surface area contributed by atoms with E-state index in [4.69, 9.17) is 22.6 Å². The summed E-state index contributed by atoms with van der Waals surface area (Å²) < 4.78 is 0. The van der Waals surface area contributed by atoms with E-state index in [-0.39, 0.29) is 36.7 Å². The molecule has 0 bridgehead atoms. The number of aliphatic imine (C=N–C) groups is 1. The zero-order valence-electron chi connectivity index (χ0n) is 14.9. The minimum atomic E-state index is 0. The fourth-order valence-electron chi connectivity index (χ4n) is 2.44. The number of nitrogens with one attached hydrogen (secondary N) is 2. The van der Waals surface area contributed by atoms with Crippen molar-refractivity contribution in [2.24, 2.45) is 22.2 Å². The summed E-state index contributed by atoms with van der Waals surface area (Å²) in [6.07, 6.45) is 15.3. The monoisotopic (exact) mass is 384 g/mol. The van der Waals surface area contributed by atoms with E-state index in [0.717, 1.165) is 25.9 Å². The third-order valence-corrected chi connectivity index (χ3v) is 3.69. The predicted molar refractivity (Wildman–Crippen MR) is 110 cm³/mol. The van der Waals surface area contributed by atoms with Crippen LogP contribution in [0.25, 0.3) is 0 Å². The van der Waals surface area contributed by atoms with E-state index in [2.05, 4.69) is 10.3 Å². The topological polar surface area (TPSA) is 126 Å². The van der Waals surface area contributed by atoms with Crippen LogP contribution in [-0.2, 0) is 0 Å². The molecule has 0 aliphatic heterocycles. The molecular weight excluding hydrogens is 347 g/mol. The molecule has 6 nitrogen and oxygen atoms in total. The van der Waals surface area contributed by atoms with E-state index in [1.807, 2.05) is 0 Å². The van der Waals surface area contributed by atoms with Gasteiger partial charge in [-0.05, 0) is 12.8 Å². The minimum absolute atomic E-state index is 0. The molecule has 0 saturated heterocycles. The molecular formula is C16H38Cl2N6. The summed E-state index contributed by atoms with van der Waals surface area (Å²) in [7, 11) is 0.